The van der Waals surface area contributed by atoms with Crippen LogP contribution in [0.5, 0.6) is 0 Å². The number of likely N-dealkylation sites (tertiary alicyclic amines) is 1. The lowest BCUT2D eigenvalue weighted by Crippen LogP contribution is -2.42. The molecule has 3 rings (SSSR count). The van der Waals surface area contributed by atoms with Gasteiger partial charge in [-0.15, -0.1) is 0 Å². The summed E-state index contributed by atoms with van der Waals surface area (Å²) in [5.74, 6) is -4.51. The van der Waals surface area contributed by atoms with E-state index in [2.05, 4.69) is 19.8 Å². The van der Waals surface area contributed by atoms with E-state index in [1.165, 1.54) is 0 Å². The van der Waals surface area contributed by atoms with Gasteiger partial charge in [0, 0.05) is 51.7 Å². The Morgan fingerprint density at radius 3 is 1.79 bits per heavy atom. The molecule has 0 aromatic carbocycles. The van der Waals surface area contributed by atoms with Gasteiger partial charge in [0.1, 0.15) is 0 Å². The van der Waals surface area contributed by atoms with Gasteiger partial charge in [0.05, 0.1) is 6.54 Å². The van der Waals surface area contributed by atoms with Crippen molar-refractivity contribution in [2.45, 2.75) is 37.3 Å². The highest BCUT2D eigenvalue weighted by Crippen LogP contribution is 2.33. The smallest absolute Gasteiger partial charge is 0.475 e. The van der Waals surface area contributed by atoms with Crippen LogP contribution < -0.4 is 4.90 Å². The van der Waals surface area contributed by atoms with Crippen molar-refractivity contribution in [1.82, 2.24) is 19.8 Å². The summed E-state index contributed by atoms with van der Waals surface area (Å²) in [6.07, 6.45) is -4.41. The fourth-order valence-corrected chi connectivity index (χ4v) is 3.27. The summed E-state index contributed by atoms with van der Waals surface area (Å²) in [6, 6.07) is 2.75. The molecule has 1 aromatic rings. The van der Waals surface area contributed by atoms with E-state index in [0.29, 0.717) is 18.6 Å². The number of aliphatic carboxylic acids is 2. The van der Waals surface area contributed by atoms with Gasteiger partial charge in [0.15, 0.2) is 0 Å². The molecule has 34 heavy (non-hydrogen) atoms. The quantitative estimate of drug-likeness (QED) is 0.590. The highest BCUT2D eigenvalue weighted by atomic mass is 19.4. The molecule has 3 heterocycles. The molecule has 10 nitrogen and oxygen atoms in total. The van der Waals surface area contributed by atoms with Gasteiger partial charge >= 0.3 is 24.3 Å². The maximum Gasteiger partial charge on any atom is 0.490 e. The molecule has 2 saturated heterocycles. The lowest BCUT2D eigenvalue weighted by atomic mass is 10.1. The number of amides is 1. The van der Waals surface area contributed by atoms with Crippen molar-refractivity contribution in [3.63, 3.8) is 0 Å². The molecule has 1 amide bonds. The second-order valence-corrected chi connectivity index (χ2v) is 7.32. The Bertz CT molecular complexity index is 813. The number of carbonyl (C=O) groups is 3. The third kappa shape index (κ3) is 8.64. The number of carboxylic acids is 2. The van der Waals surface area contributed by atoms with E-state index in [4.69, 9.17) is 19.8 Å². The lowest BCUT2D eigenvalue weighted by Gasteiger charge is -2.25. The van der Waals surface area contributed by atoms with Gasteiger partial charge in [-0.25, -0.2) is 19.6 Å². The zero-order chi connectivity index (χ0) is 26.3. The Morgan fingerprint density at radius 1 is 0.941 bits per heavy atom. The van der Waals surface area contributed by atoms with Crippen LogP contribution in [0.15, 0.2) is 18.5 Å². The summed E-state index contributed by atoms with van der Waals surface area (Å²) in [5, 5.41) is 14.2. The van der Waals surface area contributed by atoms with E-state index in [1.54, 1.807) is 17.3 Å². The summed E-state index contributed by atoms with van der Waals surface area (Å²) >= 11 is 0. The summed E-state index contributed by atoms with van der Waals surface area (Å²) < 4.78 is 63.5. The topological polar surface area (TPSA) is 127 Å². The molecule has 2 aliphatic heterocycles. The second kappa shape index (κ2) is 11.8. The number of aromatic nitrogens is 2. The molecule has 2 atom stereocenters. The van der Waals surface area contributed by atoms with Gasteiger partial charge in [-0.1, -0.05) is 0 Å². The van der Waals surface area contributed by atoms with Gasteiger partial charge in [0.2, 0.25) is 11.9 Å². The molecule has 1 aromatic heterocycles. The number of fused-ring (bicyclic) bond motifs is 1. The van der Waals surface area contributed by atoms with Crippen molar-refractivity contribution >= 4 is 23.8 Å². The summed E-state index contributed by atoms with van der Waals surface area (Å²) in [7, 11) is 3.63. The van der Waals surface area contributed by atoms with Gasteiger partial charge in [-0.3, -0.25) is 9.69 Å². The number of halogens is 6. The monoisotopic (exact) mass is 503 g/mol. The number of carbonyl (C=O) groups excluding carboxylic acids is 1. The van der Waals surface area contributed by atoms with Crippen molar-refractivity contribution < 1.29 is 50.9 Å². The first-order chi connectivity index (χ1) is 15.6. The van der Waals surface area contributed by atoms with E-state index in [9.17, 15) is 31.1 Å². The van der Waals surface area contributed by atoms with Crippen LogP contribution >= 0.6 is 0 Å². The SMILES string of the molecule is CN(C)C(=O)CN1CC[C@H]2[C@H]1CCN2c1ncccn1.O=C(O)C(F)(F)F.O=C(O)C(F)(F)F. The predicted molar refractivity (Wildman–Crippen MR) is 104 cm³/mol. The van der Waals surface area contributed by atoms with Crippen LogP contribution in [0.2, 0.25) is 0 Å². The predicted octanol–water partition coefficient (Wildman–Crippen LogP) is 1.48. The fourth-order valence-electron chi connectivity index (χ4n) is 3.27. The zero-order valence-electron chi connectivity index (χ0n) is 18.0. The van der Waals surface area contributed by atoms with Gasteiger partial charge in [0.25, 0.3) is 0 Å². The van der Waals surface area contributed by atoms with Crippen LogP contribution in [-0.2, 0) is 14.4 Å². The Kier molecular flexibility index (Phi) is 10.0. The number of rotatable bonds is 3. The number of alkyl halides is 6. The van der Waals surface area contributed by atoms with Crippen molar-refractivity contribution in [2.24, 2.45) is 0 Å². The third-order valence-electron chi connectivity index (χ3n) is 4.82. The van der Waals surface area contributed by atoms with Crippen molar-refractivity contribution in [3.8, 4) is 0 Å². The Morgan fingerprint density at radius 2 is 1.38 bits per heavy atom. The number of likely N-dealkylation sites (N-methyl/N-ethyl adjacent to an activating group) is 1. The molecule has 0 aliphatic carbocycles. The molecular formula is C18H23F6N5O5. The van der Waals surface area contributed by atoms with Crippen LogP contribution in [0, 0.1) is 0 Å². The Balaban J connectivity index is 0.000000343. The maximum atomic E-state index is 11.9. The molecular weight excluding hydrogens is 480 g/mol. The van der Waals surface area contributed by atoms with Crippen molar-refractivity contribution in [1.29, 1.82) is 0 Å². The van der Waals surface area contributed by atoms with Gasteiger partial charge < -0.3 is 20.0 Å². The van der Waals surface area contributed by atoms with Gasteiger partial charge in [-0.2, -0.15) is 26.3 Å². The molecule has 0 saturated carbocycles. The summed E-state index contributed by atoms with van der Waals surface area (Å²) in [6.45, 7) is 2.49. The van der Waals surface area contributed by atoms with Gasteiger partial charge in [-0.05, 0) is 18.9 Å². The minimum absolute atomic E-state index is 0.181. The molecule has 0 spiro atoms. The van der Waals surface area contributed by atoms with E-state index in [-0.39, 0.29) is 5.91 Å². The molecule has 0 bridgehead atoms. The summed E-state index contributed by atoms with van der Waals surface area (Å²) in [5.41, 5.74) is 0. The number of carboxylic acid groups (broad SMARTS) is 2. The van der Waals surface area contributed by atoms with E-state index >= 15 is 0 Å². The normalized spacial score (nSPS) is 19.8. The van der Waals surface area contributed by atoms with Crippen LogP contribution in [0.3, 0.4) is 0 Å². The van der Waals surface area contributed by atoms with Crippen LogP contribution in [0.25, 0.3) is 0 Å². The van der Waals surface area contributed by atoms with E-state index in [0.717, 1.165) is 31.9 Å². The second-order valence-electron chi connectivity index (χ2n) is 7.32. The minimum Gasteiger partial charge on any atom is -0.475 e. The van der Waals surface area contributed by atoms with E-state index < -0.39 is 24.3 Å². The number of anilines is 1. The van der Waals surface area contributed by atoms with Crippen molar-refractivity contribution in [2.75, 3.05) is 38.6 Å². The summed E-state index contributed by atoms with van der Waals surface area (Å²) in [4.78, 5) is 44.7. The standard InChI is InChI=1S/C14H21N5O.2C2HF3O2/c1-17(2)13(20)10-18-8-4-12-11(18)5-9-19(12)14-15-6-3-7-16-14;2*3-2(4,5)1(6)7/h3,6-7,11-12H,4-5,8-10H2,1-2H3;2*(H,6,7)/t11-,12+;;/m1../s1. The molecule has 2 aliphatic rings. The fraction of sp³-hybridized carbons (Fsp3) is 0.611. The number of hydrogen-bond donors (Lipinski definition) is 2. The highest BCUT2D eigenvalue weighted by molar-refractivity contribution is 5.77. The molecule has 16 heteroatoms. The Labute approximate surface area is 189 Å². The van der Waals surface area contributed by atoms with Crippen LogP contribution in [-0.4, -0.2) is 106 Å². The first-order valence-electron chi connectivity index (χ1n) is 9.63. The van der Waals surface area contributed by atoms with Crippen LogP contribution in [0.4, 0.5) is 32.3 Å². The molecule has 192 valence electrons. The highest BCUT2D eigenvalue weighted by Gasteiger charge is 2.44. The molecule has 2 N–H and O–H groups in total. The molecule has 2 fully saturated rings. The Hall–Kier alpha value is -3.17. The van der Waals surface area contributed by atoms with E-state index in [1.807, 2.05) is 20.2 Å². The third-order valence-corrected chi connectivity index (χ3v) is 4.82. The number of hydrogen-bond acceptors (Lipinski definition) is 7. The minimum atomic E-state index is -5.08. The molecule has 0 unspecified atom stereocenters. The van der Waals surface area contributed by atoms with Crippen molar-refractivity contribution in [3.05, 3.63) is 18.5 Å². The largest absolute Gasteiger partial charge is 0.490 e. The maximum absolute atomic E-state index is 11.9. The van der Waals surface area contributed by atoms with Crippen LogP contribution in [0.1, 0.15) is 12.8 Å². The lowest BCUT2D eigenvalue weighted by molar-refractivity contribution is -0.193. The average Bonchev–Trinajstić information content (AvgIpc) is 3.31. The first kappa shape index (κ1) is 28.9. The first-order valence-corrected chi connectivity index (χ1v) is 9.63. The molecule has 0 radical (unpaired) electrons. The number of nitrogens with zero attached hydrogens (tertiary/aromatic N) is 5. The average molecular weight is 503 g/mol. The zero-order valence-corrected chi connectivity index (χ0v) is 18.0.